The van der Waals surface area contributed by atoms with E-state index in [1.165, 1.54) is 122 Å². The van der Waals surface area contributed by atoms with Crippen LogP contribution in [0.3, 0.4) is 0 Å². The van der Waals surface area contributed by atoms with Gasteiger partial charge in [0.25, 0.3) is 0 Å². The molecule has 0 aromatic rings. The highest BCUT2D eigenvalue weighted by atomic mass is 16.5. The van der Waals surface area contributed by atoms with Crippen molar-refractivity contribution in [1.82, 2.24) is 0 Å². The molecule has 0 amide bonds. The fraction of sp³-hybridized carbons (Fsp3) is 0.917. The van der Waals surface area contributed by atoms with Gasteiger partial charge in [0.05, 0.1) is 6.61 Å². The van der Waals surface area contributed by atoms with Gasteiger partial charge in [0.2, 0.25) is 0 Å². The Hall–Kier alpha value is -1.63. The van der Waals surface area contributed by atoms with Crippen LogP contribution >= 0.6 is 0 Å². The van der Waals surface area contributed by atoms with Crippen molar-refractivity contribution in [3.63, 3.8) is 0 Å². The van der Waals surface area contributed by atoms with E-state index < -0.39 is 11.5 Å². The Morgan fingerprint density at radius 3 is 1.33 bits per heavy atom. The summed E-state index contributed by atoms with van der Waals surface area (Å²) in [6.45, 7) is 5.16. The second-order valence-corrected chi connectivity index (χ2v) is 12.8. The lowest BCUT2D eigenvalue weighted by Crippen LogP contribution is -2.56. The molecule has 0 radical (unpaired) electrons. The molecule has 0 aliphatic carbocycles. The van der Waals surface area contributed by atoms with E-state index in [1.807, 2.05) is 0 Å². The quantitative estimate of drug-likeness (QED) is 0.0224. The molecule has 1 unspecified atom stereocenters. The third-order valence-corrected chi connectivity index (χ3v) is 8.62. The Kier molecular flexibility index (Phi) is 29.2. The number of unbranched alkanes of at least 4 members (excludes halogenated alkanes) is 23. The van der Waals surface area contributed by atoms with Gasteiger partial charge in [0.15, 0.2) is 17.3 Å². The summed E-state index contributed by atoms with van der Waals surface area (Å²) in [4.78, 5) is 30.1. The molecule has 7 heteroatoms. The summed E-state index contributed by atoms with van der Waals surface area (Å²) < 4.78 is 5.54. The largest absolute Gasteiger partial charge is 0.464 e. The van der Waals surface area contributed by atoms with Gasteiger partial charge in [-0.25, -0.2) is 4.79 Å². The first-order valence-electron chi connectivity index (χ1n) is 18.4. The Morgan fingerprint density at radius 1 is 0.558 bits per heavy atom. The molecule has 0 aromatic heterocycles. The monoisotopic (exact) mass is 609 g/mol. The van der Waals surface area contributed by atoms with Gasteiger partial charge in [-0.2, -0.15) is 0 Å². The Bertz CT molecular complexity index is 681. The molecule has 43 heavy (non-hydrogen) atoms. The minimum atomic E-state index is -1.62. The SMILES string of the molecule is CCCCCCCCCCCCCCCCCC(=O)C(N)(CCCN=C(N)N)C(=O)OCCCCCCCCCCCC. The van der Waals surface area contributed by atoms with Crippen LogP contribution in [-0.4, -0.2) is 36.4 Å². The molecule has 254 valence electrons. The third-order valence-electron chi connectivity index (χ3n) is 8.62. The van der Waals surface area contributed by atoms with Crippen LogP contribution in [0.25, 0.3) is 0 Å². The van der Waals surface area contributed by atoms with E-state index in [-0.39, 0.29) is 18.2 Å². The van der Waals surface area contributed by atoms with Gasteiger partial charge in [0, 0.05) is 13.0 Å². The second kappa shape index (κ2) is 30.4. The highest BCUT2D eigenvalue weighted by Gasteiger charge is 2.42. The van der Waals surface area contributed by atoms with Crippen LogP contribution in [0.5, 0.6) is 0 Å². The molecule has 0 saturated heterocycles. The van der Waals surface area contributed by atoms with E-state index in [4.69, 9.17) is 21.9 Å². The zero-order valence-electron chi connectivity index (χ0n) is 28.6. The van der Waals surface area contributed by atoms with Crippen molar-refractivity contribution >= 4 is 17.7 Å². The molecule has 1 atom stereocenters. The number of carbonyl (C=O) groups is 2. The number of esters is 1. The summed E-state index contributed by atoms with van der Waals surface area (Å²) in [6, 6.07) is 0. The van der Waals surface area contributed by atoms with Crippen molar-refractivity contribution in [2.45, 2.75) is 199 Å². The first-order valence-corrected chi connectivity index (χ1v) is 18.4. The van der Waals surface area contributed by atoms with E-state index in [1.54, 1.807) is 0 Å². The van der Waals surface area contributed by atoms with Gasteiger partial charge in [0.1, 0.15) is 0 Å². The number of nitrogens with two attached hydrogens (primary N) is 3. The molecule has 0 spiro atoms. The normalized spacial score (nSPS) is 12.6. The van der Waals surface area contributed by atoms with Gasteiger partial charge in [-0.05, 0) is 25.7 Å². The van der Waals surface area contributed by atoms with Gasteiger partial charge in [-0.3, -0.25) is 9.79 Å². The highest BCUT2D eigenvalue weighted by molar-refractivity contribution is 6.08. The zero-order chi connectivity index (χ0) is 31.9. The molecule has 0 fully saturated rings. The molecule has 0 aromatic carbocycles. The van der Waals surface area contributed by atoms with Gasteiger partial charge in [-0.15, -0.1) is 0 Å². The molecular formula is C36H72N4O3. The standard InChI is InChI=1S/C36H72N4O3/c1-3-5-7-9-11-13-15-16-17-18-19-20-22-24-26-29-33(41)36(39,30-28-31-40-35(37)38)34(42)43-32-27-25-23-21-14-12-10-8-6-4-2/h3-32,39H2,1-2H3,(H4,37,38,40). The van der Waals surface area contributed by atoms with Gasteiger partial charge in [-0.1, -0.05) is 162 Å². The maximum absolute atomic E-state index is 13.2. The van der Waals surface area contributed by atoms with Gasteiger partial charge >= 0.3 is 5.97 Å². The van der Waals surface area contributed by atoms with Gasteiger partial charge < -0.3 is 21.9 Å². The molecule has 0 rings (SSSR count). The summed E-state index contributed by atoms with van der Waals surface area (Å²) in [6.07, 6.45) is 32.1. The summed E-state index contributed by atoms with van der Waals surface area (Å²) in [5.41, 5.74) is 15.7. The predicted molar refractivity (Wildman–Crippen MR) is 184 cm³/mol. The number of guanidine groups is 1. The number of aliphatic imine (C=N–C) groups is 1. The number of carbonyl (C=O) groups excluding carboxylic acids is 2. The van der Waals surface area contributed by atoms with E-state index in [0.29, 0.717) is 26.0 Å². The number of ether oxygens (including phenoxy) is 1. The van der Waals surface area contributed by atoms with Crippen LogP contribution in [0.1, 0.15) is 194 Å². The number of hydrogen-bond donors (Lipinski definition) is 3. The second-order valence-electron chi connectivity index (χ2n) is 12.8. The maximum Gasteiger partial charge on any atom is 0.333 e. The fourth-order valence-corrected chi connectivity index (χ4v) is 5.68. The maximum atomic E-state index is 13.2. The van der Waals surface area contributed by atoms with Crippen LogP contribution in [-0.2, 0) is 14.3 Å². The van der Waals surface area contributed by atoms with Crippen molar-refractivity contribution < 1.29 is 14.3 Å². The summed E-state index contributed by atoms with van der Waals surface area (Å²) in [5, 5.41) is 0. The molecule has 0 aliphatic heterocycles. The minimum Gasteiger partial charge on any atom is -0.464 e. The van der Waals surface area contributed by atoms with Crippen molar-refractivity contribution in [2.24, 2.45) is 22.2 Å². The topological polar surface area (TPSA) is 134 Å². The average Bonchev–Trinajstić information content (AvgIpc) is 2.99. The van der Waals surface area contributed by atoms with Crippen LogP contribution in [0.2, 0.25) is 0 Å². The van der Waals surface area contributed by atoms with Crippen molar-refractivity contribution in [1.29, 1.82) is 0 Å². The van der Waals surface area contributed by atoms with Crippen LogP contribution in [0.4, 0.5) is 0 Å². The third kappa shape index (κ3) is 25.4. The molecule has 0 aliphatic rings. The van der Waals surface area contributed by atoms with E-state index in [9.17, 15) is 9.59 Å². The van der Waals surface area contributed by atoms with E-state index >= 15 is 0 Å². The minimum absolute atomic E-state index is 0.00436. The molecule has 0 heterocycles. The smallest absolute Gasteiger partial charge is 0.333 e. The first kappa shape index (κ1) is 41.4. The lowest BCUT2D eigenvalue weighted by atomic mass is 9.86. The lowest BCUT2D eigenvalue weighted by Gasteiger charge is -2.26. The van der Waals surface area contributed by atoms with Crippen molar-refractivity contribution in [3.8, 4) is 0 Å². The number of nitrogens with zero attached hydrogens (tertiary/aromatic N) is 1. The van der Waals surface area contributed by atoms with Crippen LogP contribution in [0.15, 0.2) is 4.99 Å². The molecule has 6 N–H and O–H groups in total. The van der Waals surface area contributed by atoms with E-state index in [0.717, 1.165) is 38.5 Å². The Labute approximate surface area is 266 Å². The number of rotatable bonds is 33. The Morgan fingerprint density at radius 2 is 0.930 bits per heavy atom. The summed E-state index contributed by atoms with van der Waals surface area (Å²) in [7, 11) is 0. The lowest BCUT2D eigenvalue weighted by molar-refractivity contribution is -0.154. The van der Waals surface area contributed by atoms with Crippen LogP contribution < -0.4 is 17.2 Å². The number of ketones is 1. The molecule has 0 saturated carbocycles. The predicted octanol–water partition coefficient (Wildman–Crippen LogP) is 9.03. The van der Waals surface area contributed by atoms with Crippen LogP contribution in [0, 0.1) is 0 Å². The fourth-order valence-electron chi connectivity index (χ4n) is 5.68. The molecular weight excluding hydrogens is 536 g/mol. The van der Waals surface area contributed by atoms with E-state index in [2.05, 4.69) is 18.8 Å². The average molecular weight is 609 g/mol. The molecule has 0 bridgehead atoms. The zero-order valence-corrected chi connectivity index (χ0v) is 28.6. The summed E-state index contributed by atoms with van der Waals surface area (Å²) in [5.74, 6) is -0.825. The van der Waals surface area contributed by atoms with Crippen molar-refractivity contribution in [2.75, 3.05) is 13.2 Å². The molecule has 7 nitrogen and oxygen atoms in total. The Balaban J connectivity index is 4.20. The highest BCUT2D eigenvalue weighted by Crippen LogP contribution is 2.20. The number of Topliss-reactive ketones (excluding diaryl/α,β-unsaturated/α-hetero) is 1. The first-order chi connectivity index (χ1) is 20.9. The van der Waals surface area contributed by atoms with Crippen molar-refractivity contribution in [3.05, 3.63) is 0 Å². The number of hydrogen-bond acceptors (Lipinski definition) is 5. The summed E-state index contributed by atoms with van der Waals surface area (Å²) >= 11 is 0.